The van der Waals surface area contributed by atoms with Crippen molar-refractivity contribution >= 4 is 15.6 Å². The molecule has 0 bridgehead atoms. The van der Waals surface area contributed by atoms with Crippen LogP contribution in [-0.2, 0) is 9.84 Å². The maximum atomic E-state index is 13.2. The van der Waals surface area contributed by atoms with Crippen LogP contribution in [0.4, 0.5) is 8.78 Å². The summed E-state index contributed by atoms with van der Waals surface area (Å²) in [6, 6.07) is 1.11. The fraction of sp³-hybridized carbons (Fsp3) is 0.222. The Balaban J connectivity index is 3.52. The van der Waals surface area contributed by atoms with Gasteiger partial charge < -0.3 is 0 Å². The monoisotopic (exact) mass is 234 g/mol. The van der Waals surface area contributed by atoms with Crippen molar-refractivity contribution in [3.63, 3.8) is 0 Å². The van der Waals surface area contributed by atoms with Gasteiger partial charge in [-0.3, -0.25) is 4.79 Å². The summed E-state index contributed by atoms with van der Waals surface area (Å²) in [7, 11) is -3.82. The minimum absolute atomic E-state index is 0.458. The number of sulfone groups is 1. The van der Waals surface area contributed by atoms with E-state index < -0.39 is 37.7 Å². The third kappa shape index (κ3) is 2.38. The summed E-state index contributed by atoms with van der Waals surface area (Å²) in [5.74, 6) is -2.82. The quantitative estimate of drug-likeness (QED) is 0.730. The predicted octanol–water partition coefficient (Wildman–Crippen LogP) is 1.57. The molecule has 15 heavy (non-hydrogen) atoms. The Morgan fingerprint density at radius 2 is 1.73 bits per heavy atom. The van der Waals surface area contributed by atoms with Crippen molar-refractivity contribution in [1.29, 1.82) is 0 Å². The Hall–Kier alpha value is -1.30. The Morgan fingerprint density at radius 1 is 1.20 bits per heavy atom. The fourth-order valence-corrected chi connectivity index (χ4v) is 1.81. The van der Waals surface area contributed by atoms with E-state index in [9.17, 15) is 22.0 Å². The molecule has 1 aromatic carbocycles. The molecular formula is C9H8F2O3S. The number of benzene rings is 1. The van der Waals surface area contributed by atoms with Crippen molar-refractivity contribution in [2.75, 3.05) is 6.26 Å². The molecule has 1 aromatic rings. The van der Waals surface area contributed by atoms with Gasteiger partial charge >= 0.3 is 0 Å². The number of halogens is 2. The molecule has 0 aliphatic heterocycles. The van der Waals surface area contributed by atoms with E-state index in [-0.39, 0.29) is 0 Å². The maximum Gasteiger partial charge on any atom is 0.178 e. The van der Waals surface area contributed by atoms with Gasteiger partial charge in [-0.25, -0.2) is 17.2 Å². The molecule has 0 aromatic heterocycles. The van der Waals surface area contributed by atoms with Crippen molar-refractivity contribution < 1.29 is 22.0 Å². The summed E-state index contributed by atoms with van der Waals surface area (Å²) in [4.78, 5) is 10.1. The summed E-state index contributed by atoms with van der Waals surface area (Å²) in [6.45, 7) is 1.07. The highest BCUT2D eigenvalue weighted by atomic mass is 32.2. The van der Waals surface area contributed by atoms with Gasteiger partial charge in [-0.1, -0.05) is 0 Å². The van der Waals surface area contributed by atoms with Crippen molar-refractivity contribution in [1.82, 2.24) is 0 Å². The molecule has 82 valence electrons. The standard InChI is InChI=1S/C9H8F2O3S/c1-5(12)6-3-8(11)9(4-7(6)10)15(2,13)14/h3-4H,1-2H3. The number of rotatable bonds is 2. The highest BCUT2D eigenvalue weighted by molar-refractivity contribution is 7.90. The number of carbonyl (C=O) groups is 1. The van der Waals surface area contributed by atoms with Gasteiger partial charge in [-0.2, -0.15) is 0 Å². The molecule has 0 N–H and O–H groups in total. The summed E-state index contributed by atoms with van der Waals surface area (Å²) >= 11 is 0. The molecule has 0 spiro atoms. The maximum absolute atomic E-state index is 13.2. The van der Waals surface area contributed by atoms with Crippen LogP contribution in [0.3, 0.4) is 0 Å². The molecule has 0 atom stereocenters. The van der Waals surface area contributed by atoms with Crippen LogP contribution in [0, 0.1) is 11.6 Å². The average molecular weight is 234 g/mol. The van der Waals surface area contributed by atoms with Gasteiger partial charge in [0.25, 0.3) is 0 Å². The third-order valence-electron chi connectivity index (χ3n) is 1.80. The van der Waals surface area contributed by atoms with Crippen LogP contribution in [0.2, 0.25) is 0 Å². The van der Waals surface area contributed by atoms with Crippen LogP contribution >= 0.6 is 0 Å². The lowest BCUT2D eigenvalue weighted by Crippen LogP contribution is -2.06. The zero-order valence-corrected chi connectivity index (χ0v) is 8.86. The minimum Gasteiger partial charge on any atom is -0.294 e. The topological polar surface area (TPSA) is 51.2 Å². The number of ketones is 1. The summed E-state index contributed by atoms with van der Waals surface area (Å²) < 4.78 is 48.3. The van der Waals surface area contributed by atoms with Gasteiger partial charge in [0.1, 0.15) is 16.5 Å². The van der Waals surface area contributed by atoms with Gasteiger partial charge in [0, 0.05) is 6.26 Å². The highest BCUT2D eigenvalue weighted by Crippen LogP contribution is 2.19. The Labute approximate surface area is 85.6 Å². The molecule has 1 rings (SSSR count). The molecule has 0 unspecified atom stereocenters. The molecule has 0 aliphatic carbocycles. The van der Waals surface area contributed by atoms with E-state index in [1.54, 1.807) is 0 Å². The molecular weight excluding hydrogens is 226 g/mol. The SMILES string of the molecule is CC(=O)c1cc(F)c(S(C)(=O)=O)cc1F. The molecule has 0 radical (unpaired) electrons. The van der Waals surface area contributed by atoms with Gasteiger partial charge in [-0.05, 0) is 19.1 Å². The second-order valence-corrected chi connectivity index (χ2v) is 5.07. The number of Topliss-reactive ketones (excluding diaryl/α,β-unsaturated/α-hetero) is 1. The molecule has 3 nitrogen and oxygen atoms in total. The van der Waals surface area contributed by atoms with Gasteiger partial charge in [0.2, 0.25) is 0 Å². The molecule has 0 saturated heterocycles. The first-order valence-corrected chi connectivity index (χ1v) is 5.82. The second kappa shape index (κ2) is 3.69. The minimum atomic E-state index is -3.82. The Kier molecular flexibility index (Phi) is 2.90. The summed E-state index contributed by atoms with van der Waals surface area (Å²) in [6.07, 6.45) is 0.762. The van der Waals surface area contributed by atoms with Crippen molar-refractivity contribution in [3.8, 4) is 0 Å². The van der Waals surface area contributed by atoms with Crippen molar-refractivity contribution in [2.45, 2.75) is 11.8 Å². The first kappa shape index (κ1) is 11.8. The molecule has 0 aliphatic rings. The normalized spacial score (nSPS) is 11.5. The lowest BCUT2D eigenvalue weighted by atomic mass is 10.1. The van der Waals surface area contributed by atoms with Crippen LogP contribution in [0.5, 0.6) is 0 Å². The predicted molar refractivity (Wildman–Crippen MR) is 49.5 cm³/mol. The molecule has 6 heteroatoms. The summed E-state index contributed by atoms with van der Waals surface area (Å²) in [5.41, 5.74) is -0.458. The van der Waals surface area contributed by atoms with Crippen LogP contribution in [0.1, 0.15) is 17.3 Å². The van der Waals surface area contributed by atoms with E-state index in [2.05, 4.69) is 0 Å². The first-order valence-electron chi connectivity index (χ1n) is 3.93. The molecule has 0 heterocycles. The fourth-order valence-electron chi connectivity index (χ4n) is 1.08. The molecule has 0 fully saturated rings. The lowest BCUT2D eigenvalue weighted by molar-refractivity contribution is 0.101. The largest absolute Gasteiger partial charge is 0.294 e. The Bertz CT molecular complexity index is 520. The number of carbonyl (C=O) groups excluding carboxylic acids is 1. The molecule has 0 amide bonds. The van der Waals surface area contributed by atoms with E-state index in [1.807, 2.05) is 0 Å². The highest BCUT2D eigenvalue weighted by Gasteiger charge is 2.19. The van der Waals surface area contributed by atoms with Crippen LogP contribution in [0.25, 0.3) is 0 Å². The Morgan fingerprint density at radius 3 is 2.13 bits per heavy atom. The van der Waals surface area contributed by atoms with E-state index in [1.165, 1.54) is 0 Å². The van der Waals surface area contributed by atoms with E-state index in [0.29, 0.717) is 12.1 Å². The van der Waals surface area contributed by atoms with Gasteiger partial charge in [-0.15, -0.1) is 0 Å². The summed E-state index contributed by atoms with van der Waals surface area (Å²) in [5, 5.41) is 0. The average Bonchev–Trinajstić information content (AvgIpc) is 2.06. The zero-order valence-electron chi connectivity index (χ0n) is 8.04. The third-order valence-corrected chi connectivity index (χ3v) is 2.91. The van der Waals surface area contributed by atoms with Crippen molar-refractivity contribution in [3.05, 3.63) is 29.3 Å². The molecule has 0 saturated carbocycles. The zero-order chi connectivity index (χ0) is 11.8. The first-order chi connectivity index (χ1) is 6.73. The van der Waals surface area contributed by atoms with Crippen molar-refractivity contribution in [2.24, 2.45) is 0 Å². The number of hydrogen-bond donors (Lipinski definition) is 0. The smallest absolute Gasteiger partial charge is 0.178 e. The lowest BCUT2D eigenvalue weighted by Gasteiger charge is -2.03. The van der Waals surface area contributed by atoms with E-state index >= 15 is 0 Å². The van der Waals surface area contributed by atoms with Crippen LogP contribution < -0.4 is 0 Å². The van der Waals surface area contributed by atoms with E-state index in [0.717, 1.165) is 13.2 Å². The van der Waals surface area contributed by atoms with E-state index in [4.69, 9.17) is 0 Å². The second-order valence-electron chi connectivity index (χ2n) is 3.09. The number of hydrogen-bond acceptors (Lipinski definition) is 3. The van der Waals surface area contributed by atoms with Crippen LogP contribution in [0.15, 0.2) is 17.0 Å². The van der Waals surface area contributed by atoms with Crippen LogP contribution in [-0.4, -0.2) is 20.5 Å². The van der Waals surface area contributed by atoms with Gasteiger partial charge in [0.15, 0.2) is 15.6 Å². The van der Waals surface area contributed by atoms with Gasteiger partial charge in [0.05, 0.1) is 5.56 Å².